The van der Waals surface area contributed by atoms with Gasteiger partial charge in [0.15, 0.2) is 18.1 Å². The number of halogens is 1. The number of hydrogen-bond acceptors (Lipinski definition) is 6. The zero-order valence-corrected chi connectivity index (χ0v) is 20.4. The van der Waals surface area contributed by atoms with Crippen LogP contribution in [0.4, 0.5) is 14.9 Å². The molecule has 3 aromatic carbocycles. The van der Waals surface area contributed by atoms with Crippen LogP contribution in [-0.4, -0.2) is 35.7 Å². The molecule has 0 unspecified atom stereocenters. The van der Waals surface area contributed by atoms with E-state index >= 15 is 0 Å². The van der Waals surface area contributed by atoms with E-state index in [1.807, 2.05) is 19.1 Å². The molecule has 1 saturated heterocycles. The summed E-state index contributed by atoms with van der Waals surface area (Å²) in [5.41, 5.74) is 2.61. The van der Waals surface area contributed by atoms with Crippen molar-refractivity contribution in [2.24, 2.45) is 0 Å². The molecule has 1 aliphatic rings. The van der Waals surface area contributed by atoms with Crippen LogP contribution in [0.25, 0.3) is 6.08 Å². The van der Waals surface area contributed by atoms with Crippen LogP contribution in [0.3, 0.4) is 0 Å². The first-order chi connectivity index (χ1) is 17.3. The van der Waals surface area contributed by atoms with Crippen LogP contribution in [0, 0.1) is 12.7 Å². The van der Waals surface area contributed by atoms with Crippen LogP contribution < -0.4 is 14.8 Å². The van der Waals surface area contributed by atoms with Crippen molar-refractivity contribution in [3.8, 4) is 11.5 Å². The third-order valence-electron chi connectivity index (χ3n) is 5.34. The average molecular weight is 507 g/mol. The largest absolute Gasteiger partial charge is 0.493 e. The highest BCUT2D eigenvalue weighted by atomic mass is 32.2. The van der Waals surface area contributed by atoms with Gasteiger partial charge in [-0.05, 0) is 60.7 Å². The molecule has 1 N–H and O–H groups in total. The molecule has 1 fully saturated rings. The Hall–Kier alpha value is -4.11. The lowest BCUT2D eigenvalue weighted by Gasteiger charge is -2.13. The van der Waals surface area contributed by atoms with Crippen molar-refractivity contribution in [3.05, 3.63) is 94.1 Å². The number of nitrogens with one attached hydrogen (secondary N) is 1. The number of ether oxygens (including phenoxy) is 2. The van der Waals surface area contributed by atoms with E-state index in [1.54, 1.807) is 48.5 Å². The number of hydrogen-bond donors (Lipinski definition) is 1. The second-order valence-corrected chi connectivity index (χ2v) is 8.97. The molecule has 1 heterocycles. The molecule has 1 aliphatic heterocycles. The summed E-state index contributed by atoms with van der Waals surface area (Å²) in [5, 5.41) is 2.28. The van der Waals surface area contributed by atoms with E-state index in [2.05, 4.69) is 5.32 Å². The minimum atomic E-state index is -0.500. The predicted molar refractivity (Wildman–Crippen MR) is 136 cm³/mol. The lowest BCUT2D eigenvalue weighted by molar-refractivity contribution is -0.123. The molecule has 0 aliphatic carbocycles. The minimum absolute atomic E-state index is 0.143. The number of imide groups is 1. The fourth-order valence-electron chi connectivity index (χ4n) is 3.46. The number of nitrogens with zero attached hydrogens (tertiary/aromatic N) is 1. The second kappa shape index (κ2) is 11.1. The van der Waals surface area contributed by atoms with Gasteiger partial charge < -0.3 is 14.8 Å². The fourth-order valence-corrected chi connectivity index (χ4v) is 4.29. The maximum absolute atomic E-state index is 14.0. The van der Waals surface area contributed by atoms with Crippen molar-refractivity contribution in [2.45, 2.75) is 13.5 Å². The minimum Gasteiger partial charge on any atom is -0.493 e. The molecule has 9 heteroatoms. The van der Waals surface area contributed by atoms with Gasteiger partial charge in [0.25, 0.3) is 17.1 Å². The van der Waals surface area contributed by atoms with E-state index in [1.165, 1.54) is 19.2 Å². The van der Waals surface area contributed by atoms with Gasteiger partial charge in [0, 0.05) is 11.3 Å². The summed E-state index contributed by atoms with van der Waals surface area (Å²) in [7, 11) is 1.46. The Bertz CT molecular complexity index is 1340. The quantitative estimate of drug-likeness (QED) is 0.412. The first-order valence-corrected chi connectivity index (χ1v) is 11.8. The highest BCUT2D eigenvalue weighted by Crippen LogP contribution is 2.35. The number of carbonyl (C=O) groups excluding carboxylic acids is 3. The van der Waals surface area contributed by atoms with E-state index in [-0.39, 0.29) is 29.5 Å². The van der Waals surface area contributed by atoms with Crippen LogP contribution in [0.1, 0.15) is 16.7 Å². The smallest absolute Gasteiger partial charge is 0.293 e. The van der Waals surface area contributed by atoms with Crippen molar-refractivity contribution in [2.75, 3.05) is 19.0 Å². The van der Waals surface area contributed by atoms with E-state index < -0.39 is 17.0 Å². The summed E-state index contributed by atoms with van der Waals surface area (Å²) in [4.78, 5) is 38.6. The number of rotatable bonds is 8. The van der Waals surface area contributed by atoms with Crippen molar-refractivity contribution in [3.63, 3.8) is 0 Å². The Morgan fingerprint density at radius 2 is 1.81 bits per heavy atom. The molecule has 36 heavy (non-hydrogen) atoms. The van der Waals surface area contributed by atoms with Gasteiger partial charge in [-0.25, -0.2) is 4.39 Å². The van der Waals surface area contributed by atoms with Gasteiger partial charge in [-0.3, -0.25) is 19.3 Å². The van der Waals surface area contributed by atoms with E-state index in [9.17, 15) is 18.8 Å². The lowest BCUT2D eigenvalue weighted by atomic mass is 10.1. The molecule has 0 radical (unpaired) electrons. The Balaban J connectivity index is 1.42. The summed E-state index contributed by atoms with van der Waals surface area (Å²) < 4.78 is 25.0. The van der Waals surface area contributed by atoms with Crippen molar-refractivity contribution < 1.29 is 28.2 Å². The van der Waals surface area contributed by atoms with Gasteiger partial charge in [0.05, 0.1) is 18.6 Å². The fraction of sp³-hybridized carbons (Fsp3) is 0.148. The van der Waals surface area contributed by atoms with Gasteiger partial charge in [-0.2, -0.15) is 0 Å². The maximum atomic E-state index is 14.0. The number of methoxy groups -OCH3 is 1. The summed E-state index contributed by atoms with van der Waals surface area (Å²) in [5.74, 6) is -0.596. The second-order valence-electron chi connectivity index (χ2n) is 7.97. The zero-order chi connectivity index (χ0) is 25.7. The lowest BCUT2D eigenvalue weighted by Crippen LogP contribution is -2.27. The normalized spacial score (nSPS) is 14.3. The molecule has 0 spiro atoms. The SMILES string of the molecule is COc1cc(/C=C2/SC(=O)N(Cc3ccccc3F)C2=O)ccc1OCC(=O)Nc1ccc(C)cc1. The van der Waals surface area contributed by atoms with Gasteiger partial charge in [-0.15, -0.1) is 0 Å². The van der Waals surface area contributed by atoms with Crippen LogP contribution in [0.15, 0.2) is 71.6 Å². The van der Waals surface area contributed by atoms with E-state index in [0.717, 1.165) is 22.2 Å². The Labute approximate surface area is 211 Å². The Morgan fingerprint density at radius 3 is 2.53 bits per heavy atom. The van der Waals surface area contributed by atoms with Gasteiger partial charge in [0.1, 0.15) is 5.82 Å². The van der Waals surface area contributed by atoms with E-state index in [4.69, 9.17) is 9.47 Å². The molecule has 0 aromatic heterocycles. The van der Waals surface area contributed by atoms with Gasteiger partial charge in [0.2, 0.25) is 0 Å². The number of benzene rings is 3. The number of aryl methyl sites for hydroxylation is 1. The molecular formula is C27H23FN2O5S. The van der Waals surface area contributed by atoms with Crippen LogP contribution in [0.2, 0.25) is 0 Å². The van der Waals surface area contributed by atoms with E-state index in [0.29, 0.717) is 22.7 Å². The van der Waals surface area contributed by atoms with Crippen molar-refractivity contribution in [1.82, 2.24) is 4.90 Å². The summed E-state index contributed by atoms with van der Waals surface area (Å²) in [6, 6.07) is 18.4. The monoisotopic (exact) mass is 506 g/mol. The summed E-state index contributed by atoms with van der Waals surface area (Å²) in [6.07, 6.45) is 1.56. The molecule has 4 rings (SSSR count). The standard InChI is InChI=1S/C27H23FN2O5S/c1-17-7-10-20(11-8-17)29-25(31)16-35-22-12-9-18(13-23(22)34-2)14-24-26(32)30(27(33)36-24)15-19-5-3-4-6-21(19)28/h3-14H,15-16H2,1-2H3,(H,29,31)/b24-14+. The molecular weight excluding hydrogens is 483 g/mol. The number of anilines is 1. The van der Waals surface area contributed by atoms with Gasteiger partial charge in [-0.1, -0.05) is 42.0 Å². The predicted octanol–water partition coefficient (Wildman–Crippen LogP) is 5.40. The molecule has 184 valence electrons. The molecule has 0 bridgehead atoms. The Morgan fingerprint density at radius 1 is 1.06 bits per heavy atom. The molecule has 0 saturated carbocycles. The maximum Gasteiger partial charge on any atom is 0.293 e. The van der Waals surface area contributed by atoms with Crippen LogP contribution >= 0.6 is 11.8 Å². The number of carbonyl (C=O) groups is 3. The first kappa shape index (κ1) is 25.0. The van der Waals surface area contributed by atoms with Crippen molar-refractivity contribution >= 4 is 40.6 Å². The highest BCUT2D eigenvalue weighted by molar-refractivity contribution is 8.18. The number of amides is 3. The molecule has 3 aromatic rings. The van der Waals surface area contributed by atoms with Gasteiger partial charge >= 0.3 is 0 Å². The zero-order valence-electron chi connectivity index (χ0n) is 19.6. The molecule has 3 amide bonds. The molecule has 0 atom stereocenters. The van der Waals surface area contributed by atoms with Crippen molar-refractivity contribution in [1.29, 1.82) is 0 Å². The third kappa shape index (κ3) is 5.92. The topological polar surface area (TPSA) is 84.9 Å². The Kier molecular flexibility index (Phi) is 7.70. The van der Waals surface area contributed by atoms with Crippen LogP contribution in [-0.2, 0) is 16.1 Å². The number of thioether (sulfide) groups is 1. The molecule has 7 nitrogen and oxygen atoms in total. The first-order valence-electron chi connectivity index (χ1n) is 11.0. The highest BCUT2D eigenvalue weighted by Gasteiger charge is 2.35. The third-order valence-corrected chi connectivity index (χ3v) is 6.25. The average Bonchev–Trinajstić information content (AvgIpc) is 3.13. The summed E-state index contributed by atoms with van der Waals surface area (Å²) in [6.45, 7) is 1.59. The summed E-state index contributed by atoms with van der Waals surface area (Å²) >= 11 is 0.786. The van der Waals surface area contributed by atoms with Crippen LogP contribution in [0.5, 0.6) is 11.5 Å².